The first-order chi connectivity index (χ1) is 11.5. The first-order valence-electron chi connectivity index (χ1n) is 7.34. The number of thiazole rings is 1. The summed E-state index contributed by atoms with van der Waals surface area (Å²) in [5, 5.41) is 6.16. The third-order valence-corrected chi connectivity index (χ3v) is 4.26. The molecule has 0 aliphatic rings. The van der Waals surface area contributed by atoms with Gasteiger partial charge in [0.1, 0.15) is 12.4 Å². The van der Waals surface area contributed by atoms with Crippen LogP contribution >= 0.6 is 22.9 Å². The van der Waals surface area contributed by atoms with Crippen molar-refractivity contribution in [2.75, 3.05) is 32.7 Å². The molecule has 0 spiro atoms. The Morgan fingerprint density at radius 1 is 1.42 bits per heavy atom. The van der Waals surface area contributed by atoms with Gasteiger partial charge in [0, 0.05) is 25.2 Å². The van der Waals surface area contributed by atoms with E-state index in [9.17, 15) is 4.79 Å². The number of nitrogens with zero attached hydrogens (tertiary/aromatic N) is 2. The maximum absolute atomic E-state index is 12.2. The molecule has 1 aromatic heterocycles. The Hall–Kier alpha value is -1.83. The quantitative estimate of drug-likeness (QED) is 0.754. The number of nitrogens with one attached hydrogen (secondary N) is 1. The van der Waals surface area contributed by atoms with Crippen molar-refractivity contribution >= 4 is 34.7 Å². The molecule has 130 valence electrons. The van der Waals surface area contributed by atoms with Gasteiger partial charge in [0.2, 0.25) is 0 Å². The lowest BCUT2D eigenvalue weighted by atomic mass is 10.3. The van der Waals surface area contributed by atoms with Gasteiger partial charge < -0.3 is 19.7 Å². The predicted molar refractivity (Wildman–Crippen MR) is 96.2 cm³/mol. The number of rotatable bonds is 7. The van der Waals surface area contributed by atoms with Crippen molar-refractivity contribution < 1.29 is 14.3 Å². The van der Waals surface area contributed by atoms with Crippen LogP contribution in [0.15, 0.2) is 23.6 Å². The SMILES string of the molecule is COCCOc1ccc(NC(=O)N(C)Cc2csc(C)n2)cc1Cl. The summed E-state index contributed by atoms with van der Waals surface area (Å²) in [5.74, 6) is 0.554. The van der Waals surface area contributed by atoms with Gasteiger partial charge in [-0.3, -0.25) is 0 Å². The third kappa shape index (κ3) is 5.36. The molecule has 1 N–H and O–H groups in total. The van der Waals surface area contributed by atoms with Gasteiger partial charge in [-0.25, -0.2) is 9.78 Å². The number of urea groups is 1. The summed E-state index contributed by atoms with van der Waals surface area (Å²) in [6.45, 7) is 3.28. The van der Waals surface area contributed by atoms with E-state index < -0.39 is 0 Å². The number of carbonyl (C=O) groups excluding carboxylic acids is 1. The van der Waals surface area contributed by atoms with Gasteiger partial charge in [0.05, 0.1) is 28.9 Å². The molecule has 2 aromatic rings. The van der Waals surface area contributed by atoms with E-state index >= 15 is 0 Å². The van der Waals surface area contributed by atoms with E-state index in [2.05, 4.69) is 10.3 Å². The van der Waals surface area contributed by atoms with E-state index in [0.29, 0.717) is 36.2 Å². The van der Waals surface area contributed by atoms with Crippen LogP contribution in [-0.4, -0.2) is 43.3 Å². The molecule has 0 saturated heterocycles. The molecule has 0 fully saturated rings. The molecule has 0 unspecified atom stereocenters. The molecule has 6 nitrogen and oxygen atoms in total. The molecule has 0 aliphatic carbocycles. The summed E-state index contributed by atoms with van der Waals surface area (Å²) < 4.78 is 10.4. The molecule has 1 heterocycles. The molecule has 0 bridgehead atoms. The van der Waals surface area contributed by atoms with Crippen LogP contribution in [0.3, 0.4) is 0 Å². The van der Waals surface area contributed by atoms with Crippen molar-refractivity contribution in [2.24, 2.45) is 0 Å². The maximum Gasteiger partial charge on any atom is 0.321 e. The highest BCUT2D eigenvalue weighted by atomic mass is 35.5. The van der Waals surface area contributed by atoms with E-state index in [0.717, 1.165) is 10.7 Å². The predicted octanol–water partition coefficient (Wildman–Crippen LogP) is 3.79. The van der Waals surface area contributed by atoms with Crippen LogP contribution in [0.25, 0.3) is 0 Å². The van der Waals surface area contributed by atoms with Crippen LogP contribution in [0, 0.1) is 6.92 Å². The van der Waals surface area contributed by atoms with Crippen LogP contribution in [-0.2, 0) is 11.3 Å². The third-order valence-electron chi connectivity index (χ3n) is 3.14. The molecule has 24 heavy (non-hydrogen) atoms. The van der Waals surface area contributed by atoms with Gasteiger partial charge in [0.15, 0.2) is 0 Å². The Bertz CT molecular complexity index is 693. The lowest BCUT2D eigenvalue weighted by Crippen LogP contribution is -2.30. The summed E-state index contributed by atoms with van der Waals surface area (Å²) in [6.07, 6.45) is 0. The number of aromatic nitrogens is 1. The van der Waals surface area contributed by atoms with E-state index in [1.807, 2.05) is 12.3 Å². The summed E-state index contributed by atoms with van der Waals surface area (Å²) in [5.41, 5.74) is 1.47. The molecule has 0 saturated carbocycles. The van der Waals surface area contributed by atoms with Gasteiger partial charge in [-0.05, 0) is 25.1 Å². The highest BCUT2D eigenvalue weighted by Crippen LogP contribution is 2.27. The number of benzene rings is 1. The topological polar surface area (TPSA) is 63.7 Å². The molecule has 8 heteroatoms. The van der Waals surface area contributed by atoms with Crippen molar-refractivity contribution in [3.8, 4) is 5.75 Å². The van der Waals surface area contributed by atoms with Crippen molar-refractivity contribution in [3.63, 3.8) is 0 Å². The average molecular weight is 370 g/mol. The minimum absolute atomic E-state index is 0.232. The molecular formula is C16H20ClN3O3S. The summed E-state index contributed by atoms with van der Waals surface area (Å²) in [6, 6.07) is 4.89. The van der Waals surface area contributed by atoms with Crippen LogP contribution in [0.2, 0.25) is 5.02 Å². The van der Waals surface area contributed by atoms with Crippen LogP contribution < -0.4 is 10.1 Å². The molecule has 2 rings (SSSR count). The molecule has 0 atom stereocenters. The van der Waals surface area contributed by atoms with E-state index in [4.69, 9.17) is 21.1 Å². The molecule has 0 radical (unpaired) electrons. The second kappa shape index (κ2) is 8.86. The van der Waals surface area contributed by atoms with Crippen molar-refractivity contribution in [2.45, 2.75) is 13.5 Å². The van der Waals surface area contributed by atoms with Crippen molar-refractivity contribution in [1.29, 1.82) is 0 Å². The smallest absolute Gasteiger partial charge is 0.321 e. The zero-order chi connectivity index (χ0) is 17.5. The minimum atomic E-state index is -0.232. The minimum Gasteiger partial charge on any atom is -0.490 e. The Morgan fingerprint density at radius 3 is 2.83 bits per heavy atom. The van der Waals surface area contributed by atoms with Gasteiger partial charge in [-0.1, -0.05) is 11.6 Å². The Morgan fingerprint density at radius 2 is 2.21 bits per heavy atom. The fourth-order valence-electron chi connectivity index (χ4n) is 1.95. The van der Waals surface area contributed by atoms with Crippen LogP contribution in [0.1, 0.15) is 10.7 Å². The lowest BCUT2D eigenvalue weighted by Gasteiger charge is -2.17. The number of anilines is 1. The fraction of sp³-hybridized carbons (Fsp3) is 0.375. The van der Waals surface area contributed by atoms with Crippen molar-refractivity contribution in [1.82, 2.24) is 9.88 Å². The molecule has 1 aromatic carbocycles. The Labute approximate surface area is 150 Å². The number of hydrogen-bond acceptors (Lipinski definition) is 5. The molecule has 0 aliphatic heterocycles. The van der Waals surface area contributed by atoms with Crippen LogP contribution in [0.5, 0.6) is 5.75 Å². The summed E-state index contributed by atoms with van der Waals surface area (Å²) in [7, 11) is 3.32. The first kappa shape index (κ1) is 18.5. The van der Waals surface area contributed by atoms with Gasteiger partial charge in [-0.2, -0.15) is 0 Å². The highest BCUT2D eigenvalue weighted by molar-refractivity contribution is 7.09. The number of amides is 2. The summed E-state index contributed by atoms with van der Waals surface area (Å²) >= 11 is 7.73. The highest BCUT2D eigenvalue weighted by Gasteiger charge is 2.12. The van der Waals surface area contributed by atoms with Crippen molar-refractivity contribution in [3.05, 3.63) is 39.3 Å². The normalized spacial score (nSPS) is 10.5. The Kier molecular flexibility index (Phi) is 6.84. The first-order valence-corrected chi connectivity index (χ1v) is 8.59. The molecular weight excluding hydrogens is 350 g/mol. The number of halogens is 1. The monoisotopic (exact) mass is 369 g/mol. The van der Waals surface area contributed by atoms with E-state index in [-0.39, 0.29) is 6.03 Å². The number of carbonyl (C=O) groups is 1. The standard InChI is InChI=1S/C16H20ClN3O3S/c1-11-18-13(10-24-11)9-20(2)16(21)19-12-4-5-15(14(17)8-12)23-7-6-22-3/h4-5,8,10H,6-7,9H2,1-3H3,(H,19,21). The Balaban J connectivity index is 1.92. The van der Waals surface area contributed by atoms with Gasteiger partial charge >= 0.3 is 6.03 Å². The lowest BCUT2D eigenvalue weighted by molar-refractivity contribution is 0.146. The van der Waals surface area contributed by atoms with Crippen LogP contribution in [0.4, 0.5) is 10.5 Å². The number of methoxy groups -OCH3 is 1. The zero-order valence-electron chi connectivity index (χ0n) is 13.8. The number of ether oxygens (including phenoxy) is 2. The van der Waals surface area contributed by atoms with E-state index in [1.54, 1.807) is 48.6 Å². The number of aryl methyl sites for hydroxylation is 1. The largest absolute Gasteiger partial charge is 0.490 e. The molecule has 2 amide bonds. The second-order valence-electron chi connectivity index (χ2n) is 5.13. The fourth-order valence-corrected chi connectivity index (χ4v) is 2.78. The average Bonchev–Trinajstić information content (AvgIpc) is 2.94. The zero-order valence-corrected chi connectivity index (χ0v) is 15.4. The maximum atomic E-state index is 12.2. The second-order valence-corrected chi connectivity index (χ2v) is 6.60. The van der Waals surface area contributed by atoms with Gasteiger partial charge in [0.25, 0.3) is 0 Å². The van der Waals surface area contributed by atoms with E-state index in [1.165, 1.54) is 0 Å². The van der Waals surface area contributed by atoms with Gasteiger partial charge in [-0.15, -0.1) is 11.3 Å². The summed E-state index contributed by atoms with van der Waals surface area (Å²) in [4.78, 5) is 18.1. The number of hydrogen-bond donors (Lipinski definition) is 1.